The summed E-state index contributed by atoms with van der Waals surface area (Å²) in [6.45, 7) is 0.120. The van der Waals surface area contributed by atoms with Gasteiger partial charge in [0.05, 0.1) is 6.54 Å². The van der Waals surface area contributed by atoms with E-state index in [4.69, 9.17) is 0 Å². The van der Waals surface area contributed by atoms with Crippen molar-refractivity contribution in [3.8, 4) is 0 Å². The molecule has 0 radical (unpaired) electrons. The van der Waals surface area contributed by atoms with Gasteiger partial charge in [0.1, 0.15) is 5.60 Å². The summed E-state index contributed by atoms with van der Waals surface area (Å²) in [7, 11) is 3.87. The number of carbonyl (C=O) groups excluding carboxylic acids is 1. The van der Waals surface area contributed by atoms with Crippen LogP contribution in [0, 0.1) is 0 Å². The van der Waals surface area contributed by atoms with Crippen molar-refractivity contribution in [2.45, 2.75) is 5.60 Å². The Morgan fingerprint density at radius 1 is 1.20 bits per heavy atom. The fourth-order valence-corrected chi connectivity index (χ4v) is 4.15. The van der Waals surface area contributed by atoms with Crippen LogP contribution in [0.2, 0.25) is 0 Å². The minimum Gasteiger partial charge on any atom is -0.378 e. The molecule has 3 rings (SSSR count). The maximum absolute atomic E-state index is 12.6. The van der Waals surface area contributed by atoms with Gasteiger partial charge in [0.2, 0.25) is 0 Å². The smallest absolute Gasteiger partial charge is 0.251 e. The summed E-state index contributed by atoms with van der Waals surface area (Å²) in [6.07, 6.45) is 0. The number of rotatable bonds is 6. The number of anilines is 1. The predicted octanol–water partition coefficient (Wildman–Crippen LogP) is 3.54. The first-order valence-electron chi connectivity index (χ1n) is 7.85. The molecule has 1 aromatic carbocycles. The molecule has 0 saturated heterocycles. The molecule has 130 valence electrons. The topological polar surface area (TPSA) is 52.6 Å². The van der Waals surface area contributed by atoms with Crippen molar-refractivity contribution < 1.29 is 9.90 Å². The van der Waals surface area contributed by atoms with E-state index in [0.29, 0.717) is 5.56 Å². The van der Waals surface area contributed by atoms with Gasteiger partial charge in [-0.2, -0.15) is 11.3 Å². The van der Waals surface area contributed by atoms with Crippen molar-refractivity contribution in [2.24, 2.45) is 0 Å². The Labute approximate surface area is 155 Å². The number of hydrogen-bond donors (Lipinski definition) is 2. The lowest BCUT2D eigenvalue weighted by molar-refractivity contribution is 0.0721. The van der Waals surface area contributed by atoms with Crippen LogP contribution in [0.1, 0.15) is 20.8 Å². The first-order chi connectivity index (χ1) is 12.0. The second kappa shape index (κ2) is 7.39. The van der Waals surface area contributed by atoms with Crippen LogP contribution in [0.25, 0.3) is 0 Å². The third-order valence-corrected chi connectivity index (χ3v) is 5.76. The number of aliphatic hydroxyl groups is 1. The Hall–Kier alpha value is -2.15. The number of amides is 1. The first kappa shape index (κ1) is 17.7. The standard InChI is InChI=1S/C19H20N2O2S2/c1-21(2)16-6-3-5-14(11-16)18(22)20-13-19(23,15-8-10-24-12-15)17-7-4-9-25-17/h3-12,23H,13H2,1-2H3,(H,20,22)/t19-/m0/s1. The van der Waals surface area contributed by atoms with Gasteiger partial charge in [-0.15, -0.1) is 11.3 Å². The quantitative estimate of drug-likeness (QED) is 0.696. The van der Waals surface area contributed by atoms with Crippen molar-refractivity contribution in [3.05, 3.63) is 74.6 Å². The van der Waals surface area contributed by atoms with Crippen molar-refractivity contribution >= 4 is 34.3 Å². The molecule has 1 atom stereocenters. The third kappa shape index (κ3) is 3.76. The fraction of sp³-hybridized carbons (Fsp3) is 0.211. The zero-order valence-electron chi connectivity index (χ0n) is 14.1. The van der Waals surface area contributed by atoms with Crippen LogP contribution in [0.3, 0.4) is 0 Å². The van der Waals surface area contributed by atoms with Gasteiger partial charge in [-0.1, -0.05) is 12.1 Å². The second-order valence-electron chi connectivity index (χ2n) is 5.98. The van der Waals surface area contributed by atoms with Crippen molar-refractivity contribution in [1.82, 2.24) is 5.32 Å². The van der Waals surface area contributed by atoms with Crippen LogP contribution in [0.5, 0.6) is 0 Å². The van der Waals surface area contributed by atoms with Gasteiger partial charge in [0.25, 0.3) is 5.91 Å². The number of nitrogens with zero attached hydrogens (tertiary/aromatic N) is 1. The van der Waals surface area contributed by atoms with Gasteiger partial charge in [-0.05, 0) is 46.5 Å². The molecule has 0 aliphatic rings. The summed E-state index contributed by atoms with van der Waals surface area (Å²) < 4.78 is 0. The number of benzene rings is 1. The zero-order valence-corrected chi connectivity index (χ0v) is 15.7. The van der Waals surface area contributed by atoms with Gasteiger partial charge in [0.15, 0.2) is 0 Å². The highest BCUT2D eigenvalue weighted by atomic mass is 32.1. The summed E-state index contributed by atoms with van der Waals surface area (Å²) in [4.78, 5) is 15.3. The Morgan fingerprint density at radius 2 is 2.04 bits per heavy atom. The Bertz CT molecular complexity index is 793. The SMILES string of the molecule is CN(C)c1cccc(C(=O)NC[C@](O)(c2ccsc2)c2cccs2)c1. The summed E-state index contributed by atoms with van der Waals surface area (Å²) >= 11 is 3.00. The fourth-order valence-electron chi connectivity index (χ4n) is 2.58. The first-order valence-corrected chi connectivity index (χ1v) is 9.67. The molecule has 25 heavy (non-hydrogen) atoms. The predicted molar refractivity (Wildman–Crippen MR) is 105 cm³/mol. The van der Waals surface area contributed by atoms with Crippen LogP contribution < -0.4 is 10.2 Å². The van der Waals surface area contributed by atoms with Crippen molar-refractivity contribution in [1.29, 1.82) is 0 Å². The normalized spacial score (nSPS) is 13.2. The molecule has 1 amide bonds. The number of thiophene rings is 2. The molecule has 6 heteroatoms. The maximum atomic E-state index is 12.6. The van der Waals surface area contributed by atoms with E-state index >= 15 is 0 Å². The highest BCUT2D eigenvalue weighted by Crippen LogP contribution is 2.33. The lowest BCUT2D eigenvalue weighted by Crippen LogP contribution is -2.41. The van der Waals surface area contributed by atoms with Gasteiger partial charge in [0, 0.05) is 35.8 Å². The molecule has 0 bridgehead atoms. The van der Waals surface area contributed by atoms with Crippen LogP contribution >= 0.6 is 22.7 Å². The minimum absolute atomic E-state index is 0.120. The third-order valence-electron chi connectivity index (χ3n) is 4.06. The molecule has 2 aromatic heterocycles. The molecule has 0 aliphatic heterocycles. The van der Waals surface area contributed by atoms with Crippen LogP contribution in [-0.4, -0.2) is 31.7 Å². The van der Waals surface area contributed by atoms with Crippen molar-refractivity contribution in [2.75, 3.05) is 25.5 Å². The van der Waals surface area contributed by atoms with E-state index in [1.165, 1.54) is 22.7 Å². The minimum atomic E-state index is -1.22. The lowest BCUT2D eigenvalue weighted by atomic mass is 9.94. The number of carbonyl (C=O) groups is 1. The van der Waals surface area contributed by atoms with Gasteiger partial charge in [-0.25, -0.2) is 0 Å². The molecule has 2 heterocycles. The van der Waals surface area contributed by atoms with Crippen LogP contribution in [-0.2, 0) is 5.60 Å². The van der Waals surface area contributed by atoms with E-state index in [1.807, 2.05) is 71.5 Å². The molecular formula is C19H20N2O2S2. The number of nitrogens with one attached hydrogen (secondary N) is 1. The molecule has 0 spiro atoms. The van der Waals surface area contributed by atoms with Crippen LogP contribution in [0.15, 0.2) is 58.6 Å². The Kier molecular flexibility index (Phi) is 5.22. The maximum Gasteiger partial charge on any atom is 0.251 e. The van der Waals surface area contributed by atoms with Gasteiger partial charge >= 0.3 is 0 Å². The molecule has 0 fully saturated rings. The molecule has 3 aromatic rings. The zero-order chi connectivity index (χ0) is 17.9. The summed E-state index contributed by atoms with van der Waals surface area (Å²) in [5.74, 6) is -0.200. The van der Waals surface area contributed by atoms with Crippen LogP contribution in [0.4, 0.5) is 5.69 Å². The monoisotopic (exact) mass is 372 g/mol. The van der Waals surface area contributed by atoms with Gasteiger partial charge in [-0.3, -0.25) is 4.79 Å². The average Bonchev–Trinajstić information content (AvgIpc) is 3.33. The summed E-state index contributed by atoms with van der Waals surface area (Å²) in [5, 5.41) is 19.9. The van der Waals surface area contributed by atoms with E-state index in [-0.39, 0.29) is 12.5 Å². The summed E-state index contributed by atoms with van der Waals surface area (Å²) in [6, 6.07) is 13.1. The average molecular weight is 373 g/mol. The molecule has 0 unspecified atom stereocenters. The molecule has 0 saturated carbocycles. The largest absolute Gasteiger partial charge is 0.378 e. The molecule has 2 N–H and O–H groups in total. The summed E-state index contributed by atoms with van der Waals surface area (Å²) in [5.41, 5.74) is 1.11. The van der Waals surface area contributed by atoms with E-state index in [1.54, 1.807) is 6.07 Å². The Balaban J connectivity index is 1.80. The molecule has 0 aliphatic carbocycles. The van der Waals surface area contributed by atoms with E-state index in [2.05, 4.69) is 5.32 Å². The lowest BCUT2D eigenvalue weighted by Gasteiger charge is -2.27. The molecule has 4 nitrogen and oxygen atoms in total. The van der Waals surface area contributed by atoms with Gasteiger partial charge < -0.3 is 15.3 Å². The number of hydrogen-bond acceptors (Lipinski definition) is 5. The highest BCUT2D eigenvalue weighted by molar-refractivity contribution is 7.10. The van der Waals surface area contributed by atoms with Crippen molar-refractivity contribution in [3.63, 3.8) is 0 Å². The second-order valence-corrected chi connectivity index (χ2v) is 7.70. The van der Waals surface area contributed by atoms with E-state index < -0.39 is 5.60 Å². The van der Waals surface area contributed by atoms with E-state index in [0.717, 1.165) is 16.1 Å². The van der Waals surface area contributed by atoms with E-state index in [9.17, 15) is 9.90 Å². The Morgan fingerprint density at radius 3 is 2.68 bits per heavy atom. The molecular weight excluding hydrogens is 352 g/mol. The highest BCUT2D eigenvalue weighted by Gasteiger charge is 2.33.